The zero-order valence-electron chi connectivity index (χ0n) is 8.01. The molecule has 0 spiro atoms. The fraction of sp³-hybridized carbons (Fsp3) is 0.100. The van der Waals surface area contributed by atoms with Gasteiger partial charge in [-0.15, -0.1) is 0 Å². The Morgan fingerprint density at radius 2 is 2.07 bits per heavy atom. The Balaban J connectivity index is 2.60. The second-order valence-electron chi connectivity index (χ2n) is 2.67. The van der Waals surface area contributed by atoms with Crippen LogP contribution >= 0.6 is 0 Å². The van der Waals surface area contributed by atoms with E-state index in [1.54, 1.807) is 29.3 Å². The van der Waals surface area contributed by atoms with E-state index in [4.69, 9.17) is 5.11 Å². The molecule has 0 radical (unpaired) electrons. The molecule has 0 saturated carbocycles. The quantitative estimate of drug-likeness (QED) is 0.431. The van der Waals surface area contributed by atoms with Crippen molar-refractivity contribution in [2.75, 3.05) is 12.1 Å². The molecule has 0 atom stereocenters. The molecule has 0 amide bonds. The molecule has 0 aliphatic heterocycles. The molecule has 14 heavy (non-hydrogen) atoms. The fourth-order valence-corrected chi connectivity index (χ4v) is 0.923. The molecule has 1 rings (SSSR count). The molecule has 0 saturated heterocycles. The van der Waals surface area contributed by atoms with Crippen LogP contribution in [0.25, 0.3) is 0 Å². The van der Waals surface area contributed by atoms with Gasteiger partial charge < -0.3 is 5.11 Å². The SMILES string of the molecule is C=CN=CNN(C)c1ccc(O)cc1. The summed E-state index contributed by atoms with van der Waals surface area (Å²) in [6.07, 6.45) is 2.97. The summed E-state index contributed by atoms with van der Waals surface area (Å²) >= 11 is 0. The molecular formula is C10H13N3O. The Morgan fingerprint density at radius 1 is 1.43 bits per heavy atom. The van der Waals surface area contributed by atoms with Crippen molar-refractivity contribution in [3.8, 4) is 5.75 Å². The largest absolute Gasteiger partial charge is 0.508 e. The van der Waals surface area contributed by atoms with E-state index in [0.717, 1.165) is 5.69 Å². The lowest BCUT2D eigenvalue weighted by atomic mass is 10.3. The molecule has 2 N–H and O–H groups in total. The van der Waals surface area contributed by atoms with Crippen LogP contribution in [0.3, 0.4) is 0 Å². The van der Waals surface area contributed by atoms with Crippen molar-refractivity contribution in [1.82, 2.24) is 5.43 Å². The van der Waals surface area contributed by atoms with E-state index in [-0.39, 0.29) is 5.75 Å². The van der Waals surface area contributed by atoms with Crippen LogP contribution in [0.5, 0.6) is 5.75 Å². The van der Waals surface area contributed by atoms with Crippen LogP contribution in [-0.4, -0.2) is 18.5 Å². The minimum absolute atomic E-state index is 0.252. The standard InChI is InChI=1S/C10H13N3O/c1-3-11-8-12-13(2)9-4-6-10(14)7-5-9/h3-8,14H,1H2,2H3,(H,11,12). The maximum atomic E-state index is 9.07. The van der Waals surface area contributed by atoms with Crippen molar-refractivity contribution in [1.29, 1.82) is 0 Å². The summed E-state index contributed by atoms with van der Waals surface area (Å²) in [7, 11) is 1.85. The average molecular weight is 191 g/mol. The summed E-state index contributed by atoms with van der Waals surface area (Å²) in [5.74, 6) is 0.252. The minimum atomic E-state index is 0.252. The zero-order valence-corrected chi connectivity index (χ0v) is 8.01. The number of benzene rings is 1. The number of nitrogens with one attached hydrogen (secondary N) is 1. The summed E-state index contributed by atoms with van der Waals surface area (Å²) < 4.78 is 0. The van der Waals surface area contributed by atoms with Crippen LogP contribution in [-0.2, 0) is 0 Å². The second-order valence-corrected chi connectivity index (χ2v) is 2.67. The van der Waals surface area contributed by atoms with Crippen molar-refractivity contribution >= 4 is 12.0 Å². The molecule has 0 aromatic heterocycles. The Morgan fingerprint density at radius 3 is 2.64 bits per heavy atom. The third-order valence-electron chi connectivity index (χ3n) is 1.67. The van der Waals surface area contributed by atoms with Crippen LogP contribution in [0.1, 0.15) is 0 Å². The number of hydrogen-bond acceptors (Lipinski definition) is 3. The molecule has 0 unspecified atom stereocenters. The fourth-order valence-electron chi connectivity index (χ4n) is 0.923. The molecule has 0 aliphatic carbocycles. The summed E-state index contributed by atoms with van der Waals surface area (Å²) in [6, 6.07) is 6.84. The third-order valence-corrected chi connectivity index (χ3v) is 1.67. The lowest BCUT2D eigenvalue weighted by Gasteiger charge is -2.17. The van der Waals surface area contributed by atoms with E-state index in [9.17, 15) is 0 Å². The molecule has 0 fully saturated rings. The van der Waals surface area contributed by atoms with Crippen LogP contribution in [0.2, 0.25) is 0 Å². The Hall–Kier alpha value is -1.97. The predicted molar refractivity (Wildman–Crippen MR) is 58.3 cm³/mol. The Kier molecular flexibility index (Phi) is 3.55. The molecule has 0 bridgehead atoms. The molecule has 0 aliphatic rings. The highest BCUT2D eigenvalue weighted by Gasteiger charge is 1.96. The first kappa shape index (κ1) is 10.1. The first-order valence-electron chi connectivity index (χ1n) is 4.15. The molecule has 4 nitrogen and oxygen atoms in total. The molecule has 1 aromatic rings. The van der Waals surface area contributed by atoms with Crippen molar-refractivity contribution in [2.24, 2.45) is 4.99 Å². The molecular weight excluding hydrogens is 178 g/mol. The van der Waals surface area contributed by atoms with Gasteiger partial charge in [0.1, 0.15) is 12.1 Å². The maximum absolute atomic E-state index is 9.07. The molecule has 74 valence electrons. The second kappa shape index (κ2) is 4.91. The van der Waals surface area contributed by atoms with E-state index in [1.807, 2.05) is 7.05 Å². The summed E-state index contributed by atoms with van der Waals surface area (Å²) in [6.45, 7) is 3.45. The lowest BCUT2D eigenvalue weighted by Crippen LogP contribution is -2.32. The number of hydrogen-bond donors (Lipinski definition) is 2. The summed E-state index contributed by atoms with van der Waals surface area (Å²) in [5.41, 5.74) is 3.84. The van der Waals surface area contributed by atoms with Crippen LogP contribution < -0.4 is 10.4 Å². The van der Waals surface area contributed by atoms with Gasteiger partial charge in [0.05, 0.1) is 5.69 Å². The lowest BCUT2D eigenvalue weighted by molar-refractivity contribution is 0.475. The summed E-state index contributed by atoms with van der Waals surface area (Å²) in [4.78, 5) is 3.79. The van der Waals surface area contributed by atoms with Gasteiger partial charge in [-0.25, -0.2) is 4.99 Å². The maximum Gasteiger partial charge on any atom is 0.115 e. The number of hydrazine groups is 1. The van der Waals surface area contributed by atoms with Gasteiger partial charge in [-0.2, -0.15) is 0 Å². The van der Waals surface area contributed by atoms with Crippen LogP contribution in [0.4, 0.5) is 5.69 Å². The number of aliphatic imine (C=N–C) groups is 1. The minimum Gasteiger partial charge on any atom is -0.508 e. The van der Waals surface area contributed by atoms with Gasteiger partial charge in [-0.05, 0) is 24.3 Å². The highest BCUT2D eigenvalue weighted by Crippen LogP contribution is 2.15. The Bertz CT molecular complexity index is 319. The number of rotatable bonds is 4. The number of phenols is 1. The van der Waals surface area contributed by atoms with Gasteiger partial charge in [0.25, 0.3) is 0 Å². The topological polar surface area (TPSA) is 47.9 Å². The normalized spacial score (nSPS) is 10.1. The number of nitrogens with zero attached hydrogens (tertiary/aromatic N) is 2. The van der Waals surface area contributed by atoms with Gasteiger partial charge in [0.2, 0.25) is 0 Å². The van der Waals surface area contributed by atoms with E-state index < -0.39 is 0 Å². The summed E-state index contributed by atoms with van der Waals surface area (Å²) in [5, 5.41) is 10.8. The smallest absolute Gasteiger partial charge is 0.115 e. The predicted octanol–water partition coefficient (Wildman–Crippen LogP) is 1.50. The molecule has 0 heterocycles. The Labute approximate surface area is 83.2 Å². The van der Waals surface area contributed by atoms with Gasteiger partial charge in [0.15, 0.2) is 0 Å². The first-order chi connectivity index (χ1) is 6.74. The van der Waals surface area contributed by atoms with Gasteiger partial charge in [-0.1, -0.05) is 6.58 Å². The first-order valence-corrected chi connectivity index (χ1v) is 4.15. The van der Waals surface area contributed by atoms with Gasteiger partial charge in [-0.3, -0.25) is 10.4 Å². The third kappa shape index (κ3) is 2.82. The molecule has 4 heteroatoms. The monoisotopic (exact) mass is 191 g/mol. The van der Waals surface area contributed by atoms with Crippen LogP contribution in [0, 0.1) is 0 Å². The van der Waals surface area contributed by atoms with Gasteiger partial charge in [0, 0.05) is 13.2 Å². The molecule has 1 aromatic carbocycles. The highest BCUT2D eigenvalue weighted by molar-refractivity contribution is 5.60. The highest BCUT2D eigenvalue weighted by atomic mass is 16.3. The number of anilines is 1. The zero-order chi connectivity index (χ0) is 10.4. The van der Waals surface area contributed by atoms with Gasteiger partial charge >= 0.3 is 0 Å². The number of phenolic OH excluding ortho intramolecular Hbond substituents is 1. The van der Waals surface area contributed by atoms with E-state index >= 15 is 0 Å². The van der Waals surface area contributed by atoms with Crippen molar-refractivity contribution in [3.63, 3.8) is 0 Å². The average Bonchev–Trinajstić information content (AvgIpc) is 2.19. The van der Waals surface area contributed by atoms with E-state index in [0.29, 0.717) is 0 Å². The van der Waals surface area contributed by atoms with E-state index in [1.165, 1.54) is 12.5 Å². The number of aromatic hydroxyl groups is 1. The van der Waals surface area contributed by atoms with Crippen LogP contribution in [0.15, 0.2) is 42.0 Å². The van der Waals surface area contributed by atoms with Crippen molar-refractivity contribution < 1.29 is 5.11 Å². The van der Waals surface area contributed by atoms with Crippen molar-refractivity contribution in [2.45, 2.75) is 0 Å². The van der Waals surface area contributed by atoms with Crippen molar-refractivity contribution in [3.05, 3.63) is 37.0 Å². The van der Waals surface area contributed by atoms with E-state index in [2.05, 4.69) is 17.0 Å².